The molecule has 2 aliphatic heterocycles. The minimum Gasteiger partial charge on any atom is -0.386 e. The Hall–Kier alpha value is -0.650. The summed E-state index contributed by atoms with van der Waals surface area (Å²) < 4.78 is 5.13. The van der Waals surface area contributed by atoms with E-state index in [0.717, 1.165) is 0 Å². The Morgan fingerprint density at radius 1 is 1.57 bits per heavy atom. The van der Waals surface area contributed by atoms with Crippen LogP contribution in [0.5, 0.6) is 0 Å². The van der Waals surface area contributed by atoms with Gasteiger partial charge in [-0.2, -0.15) is 0 Å². The molecule has 0 spiro atoms. The number of ether oxygens (including phenoxy) is 1. The van der Waals surface area contributed by atoms with Crippen molar-refractivity contribution >= 4 is 5.91 Å². The van der Waals surface area contributed by atoms with Gasteiger partial charge in [-0.3, -0.25) is 4.79 Å². The van der Waals surface area contributed by atoms with Crippen LogP contribution < -0.4 is 5.73 Å². The van der Waals surface area contributed by atoms with Gasteiger partial charge in [0.1, 0.15) is 0 Å². The number of nitrogens with two attached hydrogens (primary N) is 1. The topological polar surface area (TPSA) is 75.8 Å². The van der Waals surface area contributed by atoms with Crippen molar-refractivity contribution in [2.45, 2.75) is 18.6 Å². The highest BCUT2D eigenvalue weighted by Gasteiger charge is 2.44. The van der Waals surface area contributed by atoms with E-state index < -0.39 is 5.60 Å². The molecule has 0 bridgehead atoms. The molecule has 0 aromatic rings. The maximum absolute atomic E-state index is 11.8. The lowest BCUT2D eigenvalue weighted by Gasteiger charge is -2.45. The van der Waals surface area contributed by atoms with Crippen molar-refractivity contribution < 1.29 is 14.6 Å². The van der Waals surface area contributed by atoms with Crippen molar-refractivity contribution in [2.24, 2.45) is 11.7 Å². The largest absolute Gasteiger partial charge is 0.386 e. The maximum Gasteiger partial charge on any atom is 0.229 e. The van der Waals surface area contributed by atoms with Crippen LogP contribution in [0.2, 0.25) is 0 Å². The molecule has 2 unspecified atom stereocenters. The van der Waals surface area contributed by atoms with Gasteiger partial charge in [-0.05, 0) is 6.92 Å². The highest BCUT2D eigenvalue weighted by atomic mass is 16.5. The molecule has 0 saturated carbocycles. The summed E-state index contributed by atoms with van der Waals surface area (Å²) in [6.45, 7) is 3.42. The monoisotopic (exact) mass is 200 g/mol. The predicted molar refractivity (Wildman–Crippen MR) is 49.5 cm³/mol. The molecule has 0 aliphatic carbocycles. The smallest absolute Gasteiger partial charge is 0.229 e. The van der Waals surface area contributed by atoms with E-state index >= 15 is 0 Å². The first-order valence-electron chi connectivity index (χ1n) is 4.84. The lowest BCUT2D eigenvalue weighted by atomic mass is 9.93. The molecule has 0 radical (unpaired) electrons. The van der Waals surface area contributed by atoms with E-state index in [1.807, 2.05) is 0 Å². The van der Waals surface area contributed by atoms with Crippen LogP contribution in [0.1, 0.15) is 6.92 Å². The first kappa shape index (κ1) is 9.89. The van der Waals surface area contributed by atoms with Crippen molar-refractivity contribution in [3.05, 3.63) is 0 Å². The fraction of sp³-hybridized carbons (Fsp3) is 0.889. The Balaban J connectivity index is 1.90. The number of aliphatic hydroxyl groups is 1. The average molecular weight is 200 g/mol. The first-order chi connectivity index (χ1) is 6.49. The van der Waals surface area contributed by atoms with Crippen molar-refractivity contribution in [1.82, 2.24) is 4.90 Å². The number of carbonyl (C=O) groups is 1. The average Bonchev–Trinajstić information content (AvgIpc) is 2.45. The number of rotatable bonds is 1. The van der Waals surface area contributed by atoms with Crippen LogP contribution in [0, 0.1) is 5.92 Å². The molecule has 1 amide bonds. The summed E-state index contributed by atoms with van der Waals surface area (Å²) in [4.78, 5) is 13.4. The second kappa shape index (κ2) is 3.18. The molecule has 2 rings (SSSR count). The molecule has 80 valence electrons. The SMILES string of the molecule is CC1(O)CN(C(=O)C2COCC2N)C1. The number of carbonyl (C=O) groups excluding carboxylic acids is 1. The summed E-state index contributed by atoms with van der Waals surface area (Å²) in [7, 11) is 0. The summed E-state index contributed by atoms with van der Waals surface area (Å²) in [6.07, 6.45) is 0. The predicted octanol–water partition coefficient (Wildman–Crippen LogP) is -1.45. The number of hydrogen-bond donors (Lipinski definition) is 2. The van der Waals surface area contributed by atoms with Crippen LogP contribution in [0.15, 0.2) is 0 Å². The molecule has 5 nitrogen and oxygen atoms in total. The van der Waals surface area contributed by atoms with E-state index in [4.69, 9.17) is 10.5 Å². The van der Waals surface area contributed by atoms with Crippen LogP contribution in [0.4, 0.5) is 0 Å². The molecule has 5 heteroatoms. The van der Waals surface area contributed by atoms with Crippen molar-refractivity contribution in [1.29, 1.82) is 0 Å². The fourth-order valence-corrected chi connectivity index (χ4v) is 1.99. The third-order valence-electron chi connectivity index (χ3n) is 2.82. The molecule has 0 aromatic carbocycles. The Bertz CT molecular complexity index is 246. The molecule has 2 heterocycles. The minimum atomic E-state index is -0.709. The summed E-state index contributed by atoms with van der Waals surface area (Å²) in [5, 5.41) is 9.48. The summed E-state index contributed by atoms with van der Waals surface area (Å²) in [5.74, 6) is -0.201. The molecule has 14 heavy (non-hydrogen) atoms. The molecular formula is C9H16N2O3. The van der Waals surface area contributed by atoms with E-state index in [1.165, 1.54) is 0 Å². The Kier molecular flexibility index (Phi) is 2.25. The summed E-state index contributed by atoms with van der Waals surface area (Å²) in [6, 6.07) is -0.187. The van der Waals surface area contributed by atoms with Gasteiger partial charge < -0.3 is 20.5 Å². The highest BCUT2D eigenvalue weighted by molar-refractivity contribution is 5.81. The summed E-state index contributed by atoms with van der Waals surface area (Å²) >= 11 is 0. The second-order valence-corrected chi connectivity index (χ2v) is 4.50. The number of amides is 1. The number of likely N-dealkylation sites (tertiary alicyclic amines) is 1. The van der Waals surface area contributed by atoms with Crippen molar-refractivity contribution in [2.75, 3.05) is 26.3 Å². The van der Waals surface area contributed by atoms with Gasteiger partial charge in [-0.25, -0.2) is 0 Å². The highest BCUT2D eigenvalue weighted by Crippen LogP contribution is 2.24. The van der Waals surface area contributed by atoms with Crippen molar-refractivity contribution in [3.63, 3.8) is 0 Å². The van der Waals surface area contributed by atoms with E-state index in [-0.39, 0.29) is 17.9 Å². The van der Waals surface area contributed by atoms with E-state index in [9.17, 15) is 9.90 Å². The van der Waals surface area contributed by atoms with Crippen molar-refractivity contribution in [3.8, 4) is 0 Å². The first-order valence-corrected chi connectivity index (χ1v) is 4.84. The van der Waals surface area contributed by atoms with Crippen LogP contribution in [0.3, 0.4) is 0 Å². The second-order valence-electron chi connectivity index (χ2n) is 4.50. The number of hydrogen-bond acceptors (Lipinski definition) is 4. The molecule has 2 fully saturated rings. The van der Waals surface area contributed by atoms with Gasteiger partial charge in [0.2, 0.25) is 5.91 Å². The standard InChI is InChI=1S/C9H16N2O3/c1-9(13)4-11(5-9)8(12)6-2-14-3-7(6)10/h6-7,13H,2-5,10H2,1H3. The molecule has 3 N–H and O–H groups in total. The Morgan fingerprint density at radius 3 is 2.64 bits per heavy atom. The van der Waals surface area contributed by atoms with E-state index in [0.29, 0.717) is 26.3 Å². The lowest BCUT2D eigenvalue weighted by molar-refractivity contribution is -0.156. The van der Waals surface area contributed by atoms with Crippen LogP contribution in [-0.4, -0.2) is 53.9 Å². The number of nitrogens with zero attached hydrogens (tertiary/aromatic N) is 1. The van der Waals surface area contributed by atoms with Crippen LogP contribution in [-0.2, 0) is 9.53 Å². The third kappa shape index (κ3) is 1.63. The molecule has 2 saturated heterocycles. The van der Waals surface area contributed by atoms with Gasteiger partial charge in [0, 0.05) is 6.04 Å². The molecular weight excluding hydrogens is 184 g/mol. The zero-order valence-electron chi connectivity index (χ0n) is 8.27. The van der Waals surface area contributed by atoms with Gasteiger partial charge in [0.15, 0.2) is 0 Å². The zero-order chi connectivity index (χ0) is 10.3. The summed E-state index contributed by atoms with van der Waals surface area (Å²) in [5.41, 5.74) is 5.02. The Labute approximate surface area is 82.8 Å². The normalized spacial score (nSPS) is 35.5. The van der Waals surface area contributed by atoms with Gasteiger partial charge in [0.25, 0.3) is 0 Å². The minimum absolute atomic E-state index is 0.0153. The van der Waals surface area contributed by atoms with Crippen LogP contribution >= 0.6 is 0 Å². The van der Waals surface area contributed by atoms with Gasteiger partial charge in [0.05, 0.1) is 37.8 Å². The maximum atomic E-state index is 11.8. The molecule has 2 atom stereocenters. The molecule has 2 aliphatic rings. The Morgan fingerprint density at radius 2 is 2.21 bits per heavy atom. The third-order valence-corrected chi connectivity index (χ3v) is 2.82. The van der Waals surface area contributed by atoms with Gasteiger partial charge in [-0.1, -0.05) is 0 Å². The lowest BCUT2D eigenvalue weighted by Crippen LogP contribution is -2.63. The molecule has 0 aromatic heterocycles. The quantitative estimate of drug-likeness (QED) is 0.543. The fourth-order valence-electron chi connectivity index (χ4n) is 1.99. The van der Waals surface area contributed by atoms with Crippen LogP contribution in [0.25, 0.3) is 0 Å². The van der Waals surface area contributed by atoms with Gasteiger partial charge in [-0.15, -0.1) is 0 Å². The van der Waals surface area contributed by atoms with E-state index in [1.54, 1.807) is 11.8 Å². The zero-order valence-corrected chi connectivity index (χ0v) is 8.27. The van der Waals surface area contributed by atoms with Gasteiger partial charge >= 0.3 is 0 Å². The number of β-amino-alcohol motifs (C(OH)–C–C–N with tert-alkyl or cyclic N) is 1. The van der Waals surface area contributed by atoms with E-state index in [2.05, 4.69) is 0 Å².